The standard InChI is InChI=1S/C15H9N5O/c1-9-18-14-11(7-16)13(10-5-3-2-4-6-10)12(8-17)15(21)20(14)19-9/h2-6H,1H3,(H,18,19). The van der Waals surface area contributed by atoms with Gasteiger partial charge in [0.25, 0.3) is 5.56 Å². The van der Waals surface area contributed by atoms with Crippen LogP contribution in [0.4, 0.5) is 0 Å². The molecule has 21 heavy (non-hydrogen) atoms. The fraction of sp³-hybridized carbons (Fsp3) is 0.0667. The molecule has 3 aromatic rings. The Labute approximate surface area is 119 Å². The Hall–Kier alpha value is -3.38. The summed E-state index contributed by atoms with van der Waals surface area (Å²) in [5.74, 6) is 0.498. The molecule has 0 saturated carbocycles. The van der Waals surface area contributed by atoms with E-state index < -0.39 is 5.56 Å². The Kier molecular flexibility index (Phi) is 2.78. The first-order chi connectivity index (χ1) is 10.2. The molecule has 3 rings (SSSR count). The van der Waals surface area contributed by atoms with E-state index in [1.54, 1.807) is 31.2 Å². The topological polar surface area (TPSA) is 97.7 Å². The highest BCUT2D eigenvalue weighted by atomic mass is 16.1. The van der Waals surface area contributed by atoms with E-state index in [0.29, 0.717) is 17.0 Å². The van der Waals surface area contributed by atoms with Crippen LogP contribution in [-0.4, -0.2) is 14.6 Å². The SMILES string of the molecule is Cc1nc2c(C#N)c(-c3ccccc3)c(C#N)c(=O)n2[nH]1. The van der Waals surface area contributed by atoms with Gasteiger partial charge in [0.1, 0.15) is 29.1 Å². The van der Waals surface area contributed by atoms with E-state index in [2.05, 4.69) is 16.2 Å². The molecule has 2 heterocycles. The number of hydrogen-bond acceptors (Lipinski definition) is 4. The van der Waals surface area contributed by atoms with Crippen molar-refractivity contribution in [2.45, 2.75) is 6.92 Å². The molecule has 0 atom stereocenters. The summed E-state index contributed by atoms with van der Waals surface area (Å²) >= 11 is 0. The lowest BCUT2D eigenvalue weighted by Crippen LogP contribution is -2.20. The molecule has 1 N–H and O–H groups in total. The van der Waals surface area contributed by atoms with E-state index in [1.165, 1.54) is 0 Å². The van der Waals surface area contributed by atoms with Gasteiger partial charge < -0.3 is 0 Å². The number of benzene rings is 1. The monoisotopic (exact) mass is 275 g/mol. The van der Waals surface area contributed by atoms with Gasteiger partial charge in [0.15, 0.2) is 5.65 Å². The Morgan fingerprint density at radius 2 is 1.81 bits per heavy atom. The first kappa shape index (κ1) is 12.6. The fourth-order valence-corrected chi connectivity index (χ4v) is 2.32. The molecule has 0 unspecified atom stereocenters. The summed E-state index contributed by atoms with van der Waals surface area (Å²) in [4.78, 5) is 16.6. The van der Waals surface area contributed by atoms with E-state index in [9.17, 15) is 15.3 Å². The number of aromatic nitrogens is 3. The normalized spacial score (nSPS) is 10.2. The number of H-pyrrole nitrogens is 1. The summed E-state index contributed by atoms with van der Waals surface area (Å²) in [6, 6.07) is 12.9. The third kappa shape index (κ3) is 1.78. The summed E-state index contributed by atoms with van der Waals surface area (Å²) in [6.07, 6.45) is 0. The number of hydrogen-bond donors (Lipinski definition) is 1. The van der Waals surface area contributed by atoms with Crippen molar-refractivity contribution < 1.29 is 0 Å². The highest BCUT2D eigenvalue weighted by Gasteiger charge is 2.21. The predicted molar refractivity (Wildman–Crippen MR) is 75.4 cm³/mol. The number of pyridine rings is 1. The molecule has 0 aliphatic carbocycles. The highest BCUT2D eigenvalue weighted by Crippen LogP contribution is 2.27. The lowest BCUT2D eigenvalue weighted by molar-refractivity contribution is 0.891. The van der Waals surface area contributed by atoms with Gasteiger partial charge in [-0.05, 0) is 12.5 Å². The quantitative estimate of drug-likeness (QED) is 0.731. The first-order valence-electron chi connectivity index (χ1n) is 6.18. The lowest BCUT2D eigenvalue weighted by Gasteiger charge is -2.07. The Morgan fingerprint density at radius 3 is 2.43 bits per heavy atom. The van der Waals surface area contributed by atoms with Crippen LogP contribution < -0.4 is 5.56 Å². The van der Waals surface area contributed by atoms with Crippen LogP contribution >= 0.6 is 0 Å². The molecule has 100 valence electrons. The molecule has 0 fully saturated rings. The number of aryl methyl sites for hydroxylation is 1. The summed E-state index contributed by atoms with van der Waals surface area (Å²) in [5.41, 5.74) is 0.840. The van der Waals surface area contributed by atoms with Gasteiger partial charge in [0, 0.05) is 5.56 Å². The number of nitrogens with one attached hydrogen (secondary N) is 1. The maximum atomic E-state index is 12.4. The van der Waals surface area contributed by atoms with Gasteiger partial charge in [-0.2, -0.15) is 15.0 Å². The molecule has 6 nitrogen and oxygen atoms in total. The minimum atomic E-state index is -0.508. The van der Waals surface area contributed by atoms with Crippen LogP contribution in [0.25, 0.3) is 16.8 Å². The summed E-state index contributed by atoms with van der Waals surface area (Å²) in [5, 5.41) is 21.6. The van der Waals surface area contributed by atoms with E-state index in [0.717, 1.165) is 4.52 Å². The summed E-state index contributed by atoms with van der Waals surface area (Å²) in [7, 11) is 0. The van der Waals surface area contributed by atoms with E-state index in [4.69, 9.17) is 0 Å². The van der Waals surface area contributed by atoms with Crippen LogP contribution in [0.15, 0.2) is 35.1 Å². The molecule has 0 aliphatic heterocycles. The van der Waals surface area contributed by atoms with Crippen LogP contribution in [0, 0.1) is 29.6 Å². The molecule has 1 aromatic carbocycles. The summed E-state index contributed by atoms with van der Waals surface area (Å²) < 4.78 is 1.14. The van der Waals surface area contributed by atoms with E-state index in [-0.39, 0.29) is 16.8 Å². The van der Waals surface area contributed by atoms with Gasteiger partial charge in [-0.25, -0.2) is 4.98 Å². The van der Waals surface area contributed by atoms with Crippen molar-refractivity contribution in [3.8, 4) is 23.3 Å². The van der Waals surface area contributed by atoms with Crippen LogP contribution in [0.2, 0.25) is 0 Å². The number of aromatic amines is 1. The molecule has 0 saturated heterocycles. The smallest absolute Gasteiger partial charge is 0.276 e. The fourth-order valence-electron chi connectivity index (χ4n) is 2.32. The molecule has 0 amide bonds. The van der Waals surface area contributed by atoms with Crippen molar-refractivity contribution in [3.63, 3.8) is 0 Å². The minimum absolute atomic E-state index is 0.0705. The van der Waals surface area contributed by atoms with Crippen molar-refractivity contribution in [2.24, 2.45) is 0 Å². The van der Waals surface area contributed by atoms with Crippen LogP contribution in [0.3, 0.4) is 0 Å². The second kappa shape index (κ2) is 4.62. The average molecular weight is 275 g/mol. The van der Waals surface area contributed by atoms with E-state index >= 15 is 0 Å². The van der Waals surface area contributed by atoms with Crippen molar-refractivity contribution in [1.82, 2.24) is 14.6 Å². The minimum Gasteiger partial charge on any atom is -0.276 e. The zero-order valence-electron chi connectivity index (χ0n) is 11.1. The zero-order valence-corrected chi connectivity index (χ0v) is 11.1. The number of rotatable bonds is 1. The second-order valence-electron chi connectivity index (χ2n) is 4.49. The van der Waals surface area contributed by atoms with Gasteiger partial charge in [0.05, 0.1) is 0 Å². The van der Waals surface area contributed by atoms with Crippen molar-refractivity contribution >= 4 is 5.65 Å². The second-order valence-corrected chi connectivity index (χ2v) is 4.49. The molecule has 6 heteroatoms. The number of fused-ring (bicyclic) bond motifs is 1. The van der Waals surface area contributed by atoms with Crippen LogP contribution in [0.1, 0.15) is 17.0 Å². The third-order valence-electron chi connectivity index (χ3n) is 3.19. The molecular weight excluding hydrogens is 266 g/mol. The average Bonchev–Trinajstić information content (AvgIpc) is 2.90. The van der Waals surface area contributed by atoms with Gasteiger partial charge in [-0.3, -0.25) is 9.89 Å². The van der Waals surface area contributed by atoms with Gasteiger partial charge in [0.2, 0.25) is 0 Å². The number of nitriles is 2. The maximum Gasteiger partial charge on any atom is 0.289 e. The maximum absolute atomic E-state index is 12.4. The molecule has 0 spiro atoms. The van der Waals surface area contributed by atoms with Gasteiger partial charge in [-0.15, -0.1) is 0 Å². The van der Waals surface area contributed by atoms with Crippen molar-refractivity contribution in [3.05, 3.63) is 57.6 Å². The molecule has 0 bridgehead atoms. The lowest BCUT2D eigenvalue weighted by atomic mass is 9.97. The Balaban J connectivity index is 2.58. The third-order valence-corrected chi connectivity index (χ3v) is 3.19. The molecule has 0 radical (unpaired) electrons. The molecular formula is C15H9N5O. The molecule has 2 aromatic heterocycles. The first-order valence-corrected chi connectivity index (χ1v) is 6.18. The largest absolute Gasteiger partial charge is 0.289 e. The Bertz CT molecular complexity index is 983. The highest BCUT2D eigenvalue weighted by molar-refractivity contribution is 5.81. The Morgan fingerprint density at radius 1 is 1.14 bits per heavy atom. The van der Waals surface area contributed by atoms with E-state index in [1.807, 2.05) is 12.1 Å². The van der Waals surface area contributed by atoms with Crippen LogP contribution in [-0.2, 0) is 0 Å². The van der Waals surface area contributed by atoms with Crippen molar-refractivity contribution in [2.75, 3.05) is 0 Å². The van der Waals surface area contributed by atoms with Gasteiger partial charge >= 0.3 is 0 Å². The van der Waals surface area contributed by atoms with Crippen molar-refractivity contribution in [1.29, 1.82) is 10.5 Å². The summed E-state index contributed by atoms with van der Waals surface area (Å²) in [6.45, 7) is 1.68. The van der Waals surface area contributed by atoms with Crippen LogP contribution in [0.5, 0.6) is 0 Å². The number of nitrogens with zero attached hydrogens (tertiary/aromatic N) is 4. The predicted octanol–water partition coefficient (Wildman–Crippen LogP) is 1.74. The van der Waals surface area contributed by atoms with Gasteiger partial charge in [-0.1, -0.05) is 30.3 Å². The molecule has 0 aliphatic rings. The zero-order chi connectivity index (χ0) is 15.0.